The van der Waals surface area contributed by atoms with E-state index >= 15 is 0 Å². The predicted molar refractivity (Wildman–Crippen MR) is 73.8 cm³/mol. The molecule has 19 heavy (non-hydrogen) atoms. The Kier molecular flexibility index (Phi) is 6.25. The zero-order chi connectivity index (χ0) is 14.4. The number of aliphatic hydroxyl groups is 1. The third-order valence-corrected chi connectivity index (χ3v) is 3.54. The summed E-state index contributed by atoms with van der Waals surface area (Å²) in [6, 6.07) is 3.78. The summed E-state index contributed by atoms with van der Waals surface area (Å²) >= 11 is 5.61. The Bertz CT molecular complexity index is 435. The van der Waals surface area contributed by atoms with Gasteiger partial charge >= 0.3 is 0 Å². The van der Waals surface area contributed by atoms with E-state index in [2.05, 4.69) is 5.32 Å². The summed E-state index contributed by atoms with van der Waals surface area (Å²) in [5.41, 5.74) is 0.281. The van der Waals surface area contributed by atoms with Gasteiger partial charge in [-0.1, -0.05) is 38.3 Å². The standard InChI is InChI=1S/C14H19ClFNO2/c1-3-9(4-2)13(18)8-17-14(19)10-5-6-12(16)11(15)7-10/h5-7,9,13,18H,3-4,8H2,1-2H3,(H,17,19). The van der Waals surface area contributed by atoms with Gasteiger partial charge in [-0.15, -0.1) is 0 Å². The minimum absolute atomic E-state index is 0.0896. The Morgan fingerprint density at radius 3 is 2.58 bits per heavy atom. The first-order valence-corrected chi connectivity index (χ1v) is 6.78. The number of rotatable bonds is 6. The van der Waals surface area contributed by atoms with Gasteiger partial charge in [-0.3, -0.25) is 4.79 Å². The van der Waals surface area contributed by atoms with Crippen LogP contribution in [0.5, 0.6) is 0 Å². The van der Waals surface area contributed by atoms with E-state index in [1.807, 2.05) is 13.8 Å². The molecule has 0 saturated heterocycles. The quantitative estimate of drug-likeness (QED) is 0.845. The van der Waals surface area contributed by atoms with E-state index in [0.29, 0.717) is 0 Å². The maximum Gasteiger partial charge on any atom is 0.251 e. The van der Waals surface area contributed by atoms with Crippen molar-refractivity contribution in [3.05, 3.63) is 34.6 Å². The average molecular weight is 288 g/mol. The fourth-order valence-electron chi connectivity index (χ4n) is 1.94. The van der Waals surface area contributed by atoms with Gasteiger partial charge in [-0.2, -0.15) is 0 Å². The molecule has 0 heterocycles. The molecule has 1 unspecified atom stereocenters. The molecule has 0 saturated carbocycles. The van der Waals surface area contributed by atoms with Crippen molar-refractivity contribution in [3.8, 4) is 0 Å². The predicted octanol–water partition coefficient (Wildman–Crippen LogP) is 3.01. The molecule has 0 spiro atoms. The highest BCUT2D eigenvalue weighted by atomic mass is 35.5. The molecule has 5 heteroatoms. The number of benzene rings is 1. The van der Waals surface area contributed by atoms with E-state index in [1.165, 1.54) is 12.1 Å². The van der Waals surface area contributed by atoms with Gasteiger partial charge in [-0.05, 0) is 24.1 Å². The van der Waals surface area contributed by atoms with Crippen LogP contribution in [0.15, 0.2) is 18.2 Å². The molecule has 106 valence electrons. The summed E-state index contributed by atoms with van der Waals surface area (Å²) in [5, 5.41) is 12.4. The summed E-state index contributed by atoms with van der Waals surface area (Å²) in [4.78, 5) is 11.8. The molecule has 1 aromatic rings. The molecule has 0 radical (unpaired) electrons. The van der Waals surface area contributed by atoms with E-state index < -0.39 is 11.9 Å². The van der Waals surface area contributed by atoms with Crippen molar-refractivity contribution < 1.29 is 14.3 Å². The van der Waals surface area contributed by atoms with Gasteiger partial charge in [0.15, 0.2) is 0 Å². The lowest BCUT2D eigenvalue weighted by Crippen LogP contribution is -2.36. The number of halogens is 2. The molecule has 0 bridgehead atoms. The second-order valence-corrected chi connectivity index (χ2v) is 4.89. The Balaban J connectivity index is 2.58. The van der Waals surface area contributed by atoms with Crippen molar-refractivity contribution in [1.29, 1.82) is 0 Å². The zero-order valence-electron chi connectivity index (χ0n) is 11.1. The van der Waals surface area contributed by atoms with E-state index in [1.54, 1.807) is 0 Å². The highest BCUT2D eigenvalue weighted by molar-refractivity contribution is 6.31. The van der Waals surface area contributed by atoms with Crippen molar-refractivity contribution in [2.75, 3.05) is 6.54 Å². The first-order chi connectivity index (χ1) is 8.99. The first kappa shape index (κ1) is 15.9. The molecule has 1 rings (SSSR count). The summed E-state index contributed by atoms with van der Waals surface area (Å²) in [5.74, 6) is -0.765. The number of hydrogen-bond donors (Lipinski definition) is 2. The molecule has 0 fully saturated rings. The second kappa shape index (κ2) is 7.46. The molecule has 1 aromatic carbocycles. The van der Waals surface area contributed by atoms with Gasteiger partial charge in [0.2, 0.25) is 0 Å². The van der Waals surface area contributed by atoms with Gasteiger partial charge in [0, 0.05) is 12.1 Å². The van der Waals surface area contributed by atoms with Crippen molar-refractivity contribution >= 4 is 17.5 Å². The summed E-state index contributed by atoms with van der Waals surface area (Å²) in [7, 11) is 0. The van der Waals surface area contributed by atoms with Gasteiger partial charge in [0.25, 0.3) is 5.91 Å². The largest absolute Gasteiger partial charge is 0.391 e. The first-order valence-electron chi connectivity index (χ1n) is 6.40. The van der Waals surface area contributed by atoms with Gasteiger partial charge < -0.3 is 10.4 Å². The van der Waals surface area contributed by atoms with Gasteiger partial charge in [0.05, 0.1) is 11.1 Å². The monoisotopic (exact) mass is 287 g/mol. The maximum atomic E-state index is 13.0. The average Bonchev–Trinajstić information content (AvgIpc) is 2.40. The second-order valence-electron chi connectivity index (χ2n) is 4.48. The zero-order valence-corrected chi connectivity index (χ0v) is 11.9. The number of carbonyl (C=O) groups is 1. The minimum Gasteiger partial charge on any atom is -0.391 e. The summed E-state index contributed by atoms with van der Waals surface area (Å²) < 4.78 is 13.0. The SMILES string of the molecule is CCC(CC)C(O)CNC(=O)c1ccc(F)c(Cl)c1. The van der Waals surface area contributed by atoms with Crippen LogP contribution in [0.25, 0.3) is 0 Å². The molecule has 1 amide bonds. The topological polar surface area (TPSA) is 49.3 Å². The fraction of sp³-hybridized carbons (Fsp3) is 0.500. The van der Waals surface area contributed by atoms with Crippen LogP contribution in [0, 0.1) is 11.7 Å². The van der Waals surface area contributed by atoms with Crippen molar-refractivity contribution in [2.45, 2.75) is 32.8 Å². The van der Waals surface area contributed by atoms with Crippen molar-refractivity contribution in [3.63, 3.8) is 0 Å². The molecule has 3 nitrogen and oxygen atoms in total. The van der Waals surface area contributed by atoms with E-state index in [-0.39, 0.29) is 29.0 Å². The molecule has 0 aromatic heterocycles. The smallest absolute Gasteiger partial charge is 0.251 e. The lowest BCUT2D eigenvalue weighted by atomic mass is 9.96. The molecular weight excluding hydrogens is 269 g/mol. The Labute approximate surface area is 117 Å². The lowest BCUT2D eigenvalue weighted by Gasteiger charge is -2.20. The molecular formula is C14H19ClFNO2. The maximum absolute atomic E-state index is 13.0. The highest BCUT2D eigenvalue weighted by Gasteiger charge is 2.17. The van der Waals surface area contributed by atoms with Crippen LogP contribution in [-0.4, -0.2) is 23.7 Å². The third-order valence-electron chi connectivity index (χ3n) is 3.25. The minimum atomic E-state index is -0.574. The van der Waals surface area contributed by atoms with Crippen LogP contribution < -0.4 is 5.32 Å². The number of aliphatic hydroxyl groups excluding tert-OH is 1. The third kappa shape index (κ3) is 4.48. The number of nitrogens with one attached hydrogen (secondary N) is 1. The van der Waals surface area contributed by atoms with Crippen molar-refractivity contribution in [1.82, 2.24) is 5.32 Å². The van der Waals surface area contributed by atoms with Crippen LogP contribution in [-0.2, 0) is 0 Å². The summed E-state index contributed by atoms with van der Waals surface area (Å²) in [6.07, 6.45) is 1.14. The molecule has 0 aliphatic heterocycles. The molecule has 2 N–H and O–H groups in total. The van der Waals surface area contributed by atoms with Crippen LogP contribution in [0.1, 0.15) is 37.0 Å². The lowest BCUT2D eigenvalue weighted by molar-refractivity contribution is 0.0816. The van der Waals surface area contributed by atoms with Crippen molar-refractivity contribution in [2.24, 2.45) is 5.92 Å². The Hall–Kier alpha value is -1.13. The highest BCUT2D eigenvalue weighted by Crippen LogP contribution is 2.16. The Morgan fingerprint density at radius 1 is 1.42 bits per heavy atom. The molecule has 1 atom stereocenters. The Morgan fingerprint density at radius 2 is 2.05 bits per heavy atom. The van der Waals surface area contributed by atoms with E-state index in [4.69, 9.17) is 11.6 Å². The van der Waals surface area contributed by atoms with E-state index in [9.17, 15) is 14.3 Å². The molecule has 0 aliphatic rings. The summed E-state index contributed by atoms with van der Waals surface area (Å²) in [6.45, 7) is 4.18. The fourth-order valence-corrected chi connectivity index (χ4v) is 2.12. The van der Waals surface area contributed by atoms with Crippen LogP contribution in [0.2, 0.25) is 5.02 Å². The number of carbonyl (C=O) groups excluding carboxylic acids is 1. The van der Waals surface area contributed by atoms with E-state index in [0.717, 1.165) is 18.9 Å². The van der Waals surface area contributed by atoms with Crippen LogP contribution in [0.3, 0.4) is 0 Å². The van der Waals surface area contributed by atoms with Crippen LogP contribution >= 0.6 is 11.6 Å². The van der Waals surface area contributed by atoms with Gasteiger partial charge in [-0.25, -0.2) is 4.39 Å². The number of hydrogen-bond acceptors (Lipinski definition) is 2. The van der Waals surface area contributed by atoms with Gasteiger partial charge in [0.1, 0.15) is 5.82 Å². The molecule has 0 aliphatic carbocycles. The van der Waals surface area contributed by atoms with Crippen LogP contribution in [0.4, 0.5) is 4.39 Å². The number of amides is 1. The normalized spacial score (nSPS) is 12.5.